The number of halogens is 1. The van der Waals surface area contributed by atoms with E-state index >= 15 is 0 Å². The van der Waals surface area contributed by atoms with Crippen molar-refractivity contribution in [3.63, 3.8) is 0 Å². The average molecular weight is 383 g/mol. The van der Waals surface area contributed by atoms with E-state index in [9.17, 15) is 4.79 Å². The van der Waals surface area contributed by atoms with Gasteiger partial charge in [0.15, 0.2) is 0 Å². The molecule has 1 aromatic heterocycles. The largest absolute Gasteiger partial charge is 0.497 e. The molecule has 2 N–H and O–H groups in total. The lowest BCUT2D eigenvalue weighted by molar-refractivity contribution is 0.0945. The Labute approximate surface area is 162 Å². The first kappa shape index (κ1) is 18.7. The van der Waals surface area contributed by atoms with Gasteiger partial charge < -0.3 is 15.4 Å². The molecule has 0 fully saturated rings. The van der Waals surface area contributed by atoms with Crippen LogP contribution in [0, 0.1) is 6.92 Å². The molecule has 0 aliphatic heterocycles. The topological polar surface area (TPSA) is 76.1 Å². The highest BCUT2D eigenvalue weighted by Gasteiger charge is 2.11. The van der Waals surface area contributed by atoms with E-state index in [0.717, 1.165) is 11.3 Å². The summed E-state index contributed by atoms with van der Waals surface area (Å²) >= 11 is 6.16. The lowest BCUT2D eigenvalue weighted by Crippen LogP contribution is -2.24. The van der Waals surface area contributed by atoms with Crippen LogP contribution < -0.4 is 15.4 Å². The van der Waals surface area contributed by atoms with Crippen LogP contribution in [-0.2, 0) is 6.54 Å². The van der Waals surface area contributed by atoms with Crippen LogP contribution in [-0.4, -0.2) is 23.0 Å². The standard InChI is InChI=1S/C20H19ClN4O2/c1-13-23-18(11-19(24-13)25-17-6-4-3-5-16(17)21)20(26)22-12-14-7-9-15(27-2)10-8-14/h3-11H,12H2,1-2H3,(H,22,26)(H,23,24,25). The van der Waals surface area contributed by atoms with Crippen LogP contribution >= 0.6 is 11.6 Å². The van der Waals surface area contributed by atoms with Gasteiger partial charge in [-0.05, 0) is 36.8 Å². The molecule has 0 bridgehead atoms. The summed E-state index contributed by atoms with van der Waals surface area (Å²) in [7, 11) is 1.61. The number of benzene rings is 2. The van der Waals surface area contributed by atoms with Crippen molar-refractivity contribution in [2.45, 2.75) is 13.5 Å². The summed E-state index contributed by atoms with van der Waals surface area (Å²) in [5.41, 5.74) is 1.96. The zero-order valence-corrected chi connectivity index (χ0v) is 15.7. The smallest absolute Gasteiger partial charge is 0.270 e. The number of carbonyl (C=O) groups excluding carboxylic acids is 1. The number of hydrogen-bond donors (Lipinski definition) is 2. The van der Waals surface area contributed by atoms with Crippen molar-refractivity contribution in [1.29, 1.82) is 0 Å². The van der Waals surface area contributed by atoms with Gasteiger partial charge in [-0.1, -0.05) is 35.9 Å². The van der Waals surface area contributed by atoms with Crippen molar-refractivity contribution in [1.82, 2.24) is 15.3 Å². The van der Waals surface area contributed by atoms with Crippen molar-refractivity contribution in [3.05, 3.63) is 76.7 Å². The van der Waals surface area contributed by atoms with Crippen LogP contribution in [0.2, 0.25) is 5.02 Å². The molecule has 6 nitrogen and oxygen atoms in total. The van der Waals surface area contributed by atoms with Gasteiger partial charge in [0, 0.05) is 12.6 Å². The number of hydrogen-bond acceptors (Lipinski definition) is 5. The van der Waals surface area contributed by atoms with E-state index < -0.39 is 0 Å². The van der Waals surface area contributed by atoms with Gasteiger partial charge in [-0.15, -0.1) is 0 Å². The number of methoxy groups -OCH3 is 1. The van der Waals surface area contributed by atoms with Crippen LogP contribution in [0.1, 0.15) is 21.9 Å². The van der Waals surface area contributed by atoms with Gasteiger partial charge in [-0.2, -0.15) is 0 Å². The zero-order valence-electron chi connectivity index (χ0n) is 15.0. The summed E-state index contributed by atoms with van der Waals surface area (Å²) in [5.74, 6) is 1.48. The number of ether oxygens (including phenoxy) is 1. The Hall–Kier alpha value is -3.12. The van der Waals surface area contributed by atoms with Crippen LogP contribution in [0.25, 0.3) is 0 Å². The number of aryl methyl sites for hydroxylation is 1. The molecule has 0 aliphatic carbocycles. The molecule has 3 rings (SSSR count). The highest BCUT2D eigenvalue weighted by Crippen LogP contribution is 2.24. The molecular formula is C20H19ClN4O2. The maximum atomic E-state index is 12.5. The van der Waals surface area contributed by atoms with Gasteiger partial charge in [-0.3, -0.25) is 4.79 Å². The number of rotatable bonds is 6. The fourth-order valence-corrected chi connectivity index (χ4v) is 2.65. The van der Waals surface area contributed by atoms with Crippen LogP contribution in [0.4, 0.5) is 11.5 Å². The summed E-state index contributed by atoms with van der Waals surface area (Å²) in [6.45, 7) is 2.12. The minimum absolute atomic E-state index is 0.279. The van der Waals surface area contributed by atoms with Gasteiger partial charge in [-0.25, -0.2) is 9.97 Å². The summed E-state index contributed by atoms with van der Waals surface area (Å²) < 4.78 is 5.13. The SMILES string of the molecule is COc1ccc(CNC(=O)c2cc(Nc3ccccc3Cl)nc(C)n2)cc1. The normalized spacial score (nSPS) is 10.3. The third kappa shape index (κ3) is 4.95. The second-order valence-corrected chi connectivity index (χ2v) is 6.23. The molecule has 1 heterocycles. The van der Waals surface area contributed by atoms with E-state index in [2.05, 4.69) is 20.6 Å². The third-order valence-electron chi connectivity index (χ3n) is 3.82. The van der Waals surface area contributed by atoms with E-state index in [1.165, 1.54) is 0 Å². The van der Waals surface area contributed by atoms with Crippen molar-refractivity contribution in [2.75, 3.05) is 12.4 Å². The number of amides is 1. The first-order valence-electron chi connectivity index (χ1n) is 8.33. The zero-order chi connectivity index (χ0) is 19.2. The highest BCUT2D eigenvalue weighted by atomic mass is 35.5. The predicted molar refractivity (Wildman–Crippen MR) is 106 cm³/mol. The van der Waals surface area contributed by atoms with Crippen molar-refractivity contribution in [2.24, 2.45) is 0 Å². The summed E-state index contributed by atoms with van der Waals surface area (Å²) in [4.78, 5) is 21.0. The van der Waals surface area contributed by atoms with E-state index in [4.69, 9.17) is 16.3 Å². The van der Waals surface area contributed by atoms with Crippen LogP contribution in [0.15, 0.2) is 54.6 Å². The number of nitrogens with one attached hydrogen (secondary N) is 2. The van der Waals surface area contributed by atoms with Gasteiger partial charge in [0.05, 0.1) is 17.8 Å². The quantitative estimate of drug-likeness (QED) is 0.670. The van der Waals surface area contributed by atoms with Crippen molar-refractivity contribution >= 4 is 29.0 Å². The predicted octanol–water partition coefficient (Wildman–Crippen LogP) is 4.12. The Morgan fingerprint density at radius 1 is 1.11 bits per heavy atom. The second kappa shape index (κ2) is 8.51. The van der Waals surface area contributed by atoms with Crippen LogP contribution in [0.3, 0.4) is 0 Å². The average Bonchev–Trinajstić information content (AvgIpc) is 2.68. The summed E-state index contributed by atoms with van der Waals surface area (Å²) in [6.07, 6.45) is 0. The molecule has 1 amide bonds. The van der Waals surface area contributed by atoms with E-state index in [0.29, 0.717) is 28.9 Å². The summed E-state index contributed by atoms with van der Waals surface area (Å²) in [6, 6.07) is 16.4. The molecule has 0 unspecified atom stereocenters. The highest BCUT2D eigenvalue weighted by molar-refractivity contribution is 6.33. The first-order valence-corrected chi connectivity index (χ1v) is 8.71. The Bertz CT molecular complexity index is 945. The van der Waals surface area contributed by atoms with E-state index in [-0.39, 0.29) is 11.6 Å². The minimum Gasteiger partial charge on any atom is -0.497 e. The lowest BCUT2D eigenvalue weighted by Gasteiger charge is -2.10. The second-order valence-electron chi connectivity index (χ2n) is 5.82. The number of anilines is 2. The molecular weight excluding hydrogens is 364 g/mol. The molecule has 0 aliphatic rings. The van der Waals surface area contributed by atoms with Crippen molar-refractivity contribution < 1.29 is 9.53 Å². The Balaban J connectivity index is 1.70. The molecule has 3 aromatic rings. The molecule has 2 aromatic carbocycles. The molecule has 0 saturated heterocycles. The van der Waals surface area contributed by atoms with E-state index in [1.54, 1.807) is 26.2 Å². The molecule has 0 saturated carbocycles. The van der Waals surface area contributed by atoms with Gasteiger partial charge in [0.1, 0.15) is 23.1 Å². The Morgan fingerprint density at radius 2 is 1.85 bits per heavy atom. The van der Waals surface area contributed by atoms with Crippen molar-refractivity contribution in [3.8, 4) is 5.75 Å². The molecule has 138 valence electrons. The monoisotopic (exact) mass is 382 g/mol. The number of carbonyl (C=O) groups is 1. The molecule has 0 radical (unpaired) electrons. The Morgan fingerprint density at radius 3 is 2.56 bits per heavy atom. The minimum atomic E-state index is -0.279. The molecule has 0 spiro atoms. The van der Waals surface area contributed by atoms with Gasteiger partial charge >= 0.3 is 0 Å². The number of aromatic nitrogens is 2. The molecule has 0 atom stereocenters. The van der Waals surface area contributed by atoms with Gasteiger partial charge in [0.2, 0.25) is 0 Å². The van der Waals surface area contributed by atoms with Crippen LogP contribution in [0.5, 0.6) is 5.75 Å². The van der Waals surface area contributed by atoms with Gasteiger partial charge in [0.25, 0.3) is 5.91 Å². The first-order chi connectivity index (χ1) is 13.0. The Kier molecular flexibility index (Phi) is 5.88. The third-order valence-corrected chi connectivity index (χ3v) is 4.15. The maximum absolute atomic E-state index is 12.5. The number of para-hydroxylation sites is 1. The van der Waals surface area contributed by atoms with E-state index in [1.807, 2.05) is 42.5 Å². The maximum Gasteiger partial charge on any atom is 0.270 e. The lowest BCUT2D eigenvalue weighted by atomic mass is 10.2. The number of nitrogens with zero attached hydrogens (tertiary/aromatic N) is 2. The molecule has 7 heteroatoms. The molecule has 27 heavy (non-hydrogen) atoms. The fourth-order valence-electron chi connectivity index (χ4n) is 2.46. The fraction of sp³-hybridized carbons (Fsp3) is 0.150. The summed E-state index contributed by atoms with van der Waals surface area (Å²) in [5, 5.41) is 6.55.